The highest BCUT2D eigenvalue weighted by Gasteiger charge is 2.13. The van der Waals surface area contributed by atoms with E-state index in [1.54, 1.807) is 18.2 Å². The Morgan fingerprint density at radius 2 is 1.67 bits per heavy atom. The van der Waals surface area contributed by atoms with Gasteiger partial charge in [-0.1, -0.05) is 12.1 Å². The molecule has 2 aromatic rings. The molecule has 0 N–H and O–H groups in total. The highest BCUT2D eigenvalue weighted by Crippen LogP contribution is 2.29. The van der Waals surface area contributed by atoms with Gasteiger partial charge in [0.15, 0.2) is 0 Å². The maximum atomic E-state index is 13.7. The van der Waals surface area contributed by atoms with Crippen molar-refractivity contribution in [1.29, 1.82) is 0 Å². The molecule has 0 spiro atoms. The van der Waals surface area contributed by atoms with Crippen molar-refractivity contribution in [2.45, 2.75) is 10.6 Å². The summed E-state index contributed by atoms with van der Waals surface area (Å²) in [5.41, 5.74) is -0.0578. The summed E-state index contributed by atoms with van der Waals surface area (Å²) in [6.45, 7) is 0. The Bertz CT molecular complexity index is 572. The zero-order valence-electron chi connectivity index (χ0n) is 9.09. The van der Waals surface area contributed by atoms with Crippen LogP contribution in [0.3, 0.4) is 0 Å². The van der Waals surface area contributed by atoms with Crippen molar-refractivity contribution in [2.24, 2.45) is 0 Å². The maximum Gasteiger partial charge on any atom is 0.144 e. The number of thioether (sulfide) groups is 1. The van der Waals surface area contributed by atoms with Crippen LogP contribution < -0.4 is 0 Å². The monoisotopic (exact) mass is 332 g/mol. The van der Waals surface area contributed by atoms with Gasteiger partial charge in [-0.15, -0.1) is 11.8 Å². The lowest BCUT2D eigenvalue weighted by atomic mass is 10.2. The lowest BCUT2D eigenvalue weighted by Crippen LogP contribution is -1.95. The van der Waals surface area contributed by atoms with Gasteiger partial charge in [-0.3, -0.25) is 0 Å². The summed E-state index contributed by atoms with van der Waals surface area (Å²) in [6, 6.07) is 8.63. The van der Waals surface area contributed by atoms with Gasteiger partial charge in [0.2, 0.25) is 0 Å². The van der Waals surface area contributed by atoms with Crippen LogP contribution in [0.25, 0.3) is 0 Å². The fourth-order valence-electron chi connectivity index (χ4n) is 1.41. The van der Waals surface area contributed by atoms with Crippen LogP contribution in [0, 0.1) is 17.5 Å². The van der Waals surface area contributed by atoms with Crippen molar-refractivity contribution in [2.75, 3.05) is 0 Å². The molecule has 0 bridgehead atoms. The molecule has 0 saturated heterocycles. The second-order valence-corrected chi connectivity index (χ2v) is 5.41. The first-order valence-corrected chi connectivity index (χ1v) is 6.87. The summed E-state index contributed by atoms with van der Waals surface area (Å²) < 4.78 is 40.7. The zero-order chi connectivity index (χ0) is 13.1. The molecule has 2 aromatic carbocycles. The molecule has 0 unspecified atom stereocenters. The van der Waals surface area contributed by atoms with Gasteiger partial charge in [0.25, 0.3) is 0 Å². The minimum Gasteiger partial charge on any atom is -0.207 e. The molecule has 0 amide bonds. The lowest BCUT2D eigenvalue weighted by Gasteiger charge is -2.07. The normalized spacial score (nSPS) is 10.7. The minimum absolute atomic E-state index is 0.0397. The Kier molecular flexibility index (Phi) is 4.35. The van der Waals surface area contributed by atoms with E-state index in [0.717, 1.165) is 11.8 Å². The Morgan fingerprint density at radius 3 is 2.39 bits per heavy atom. The summed E-state index contributed by atoms with van der Waals surface area (Å²) >= 11 is 4.06. The Morgan fingerprint density at radius 1 is 0.944 bits per heavy atom. The van der Waals surface area contributed by atoms with E-state index in [1.165, 1.54) is 18.2 Å². The van der Waals surface area contributed by atoms with E-state index in [1.807, 2.05) is 0 Å². The molecule has 0 aromatic heterocycles. The van der Waals surface area contributed by atoms with Crippen LogP contribution in [0.2, 0.25) is 0 Å². The molecule has 0 fully saturated rings. The fourth-order valence-corrected chi connectivity index (χ4v) is 2.73. The third-order valence-corrected chi connectivity index (χ3v) is 4.04. The highest BCUT2D eigenvalue weighted by atomic mass is 79.9. The van der Waals surface area contributed by atoms with Gasteiger partial charge in [-0.05, 0) is 40.2 Å². The lowest BCUT2D eigenvalue weighted by molar-refractivity contribution is 0.561. The number of benzene rings is 2. The summed E-state index contributed by atoms with van der Waals surface area (Å²) in [7, 11) is 0. The Hall–Kier alpha value is -0.940. The summed E-state index contributed by atoms with van der Waals surface area (Å²) in [5, 5.41) is 0. The van der Waals surface area contributed by atoms with Crippen molar-refractivity contribution in [3.05, 3.63) is 63.9 Å². The van der Waals surface area contributed by atoms with Crippen LogP contribution in [0.5, 0.6) is 0 Å². The first-order valence-electron chi connectivity index (χ1n) is 5.09. The highest BCUT2D eigenvalue weighted by molar-refractivity contribution is 9.10. The first kappa shape index (κ1) is 13.5. The van der Waals surface area contributed by atoms with Crippen LogP contribution in [0.15, 0.2) is 45.8 Å². The average Bonchev–Trinajstić information content (AvgIpc) is 2.36. The average molecular weight is 333 g/mol. The van der Waals surface area contributed by atoms with Crippen molar-refractivity contribution in [3.63, 3.8) is 0 Å². The maximum absolute atomic E-state index is 13.7. The molecule has 0 nitrogen and oxygen atoms in total. The molecule has 0 aliphatic carbocycles. The summed E-state index contributed by atoms with van der Waals surface area (Å²) in [6.07, 6.45) is 0. The molecule has 0 aliphatic heterocycles. The second kappa shape index (κ2) is 5.80. The van der Waals surface area contributed by atoms with Crippen molar-refractivity contribution in [1.82, 2.24) is 0 Å². The van der Waals surface area contributed by atoms with Gasteiger partial charge in [0.05, 0.1) is 4.47 Å². The summed E-state index contributed by atoms with van der Waals surface area (Å²) in [5.74, 6) is -1.62. The zero-order valence-corrected chi connectivity index (χ0v) is 11.5. The van der Waals surface area contributed by atoms with E-state index in [-0.39, 0.29) is 15.8 Å². The van der Waals surface area contributed by atoms with E-state index < -0.39 is 17.5 Å². The topological polar surface area (TPSA) is 0 Å². The molecule has 5 heteroatoms. The summed E-state index contributed by atoms with van der Waals surface area (Å²) in [4.78, 5) is 0.372. The molecule has 0 saturated carbocycles. The molecule has 2 rings (SSSR count). The fraction of sp³-hybridized carbons (Fsp3) is 0.0769. The molecule has 0 atom stereocenters. The van der Waals surface area contributed by atoms with Crippen LogP contribution in [0.1, 0.15) is 5.56 Å². The van der Waals surface area contributed by atoms with E-state index in [9.17, 15) is 13.2 Å². The van der Waals surface area contributed by atoms with E-state index >= 15 is 0 Å². The number of halogens is 4. The van der Waals surface area contributed by atoms with Crippen molar-refractivity contribution < 1.29 is 13.2 Å². The third kappa shape index (κ3) is 2.90. The van der Waals surface area contributed by atoms with E-state index in [4.69, 9.17) is 0 Å². The van der Waals surface area contributed by atoms with Crippen LogP contribution >= 0.6 is 27.7 Å². The molecule has 0 radical (unpaired) electrons. The van der Waals surface area contributed by atoms with Gasteiger partial charge >= 0.3 is 0 Å². The third-order valence-electron chi connectivity index (χ3n) is 2.35. The van der Waals surface area contributed by atoms with E-state index in [2.05, 4.69) is 15.9 Å². The van der Waals surface area contributed by atoms with Crippen molar-refractivity contribution in [3.8, 4) is 0 Å². The Labute approximate surface area is 115 Å². The van der Waals surface area contributed by atoms with Gasteiger partial charge in [-0.2, -0.15) is 0 Å². The minimum atomic E-state index is -0.640. The largest absolute Gasteiger partial charge is 0.207 e. The van der Waals surface area contributed by atoms with Gasteiger partial charge in [-0.25, -0.2) is 13.2 Å². The van der Waals surface area contributed by atoms with Gasteiger partial charge in [0, 0.05) is 16.2 Å². The standard InChI is InChI=1S/C13H8BrF3S/c14-9-5-6-10(15)8(13(9)17)7-18-12-4-2-1-3-11(12)16/h1-6H,7H2. The van der Waals surface area contributed by atoms with Gasteiger partial charge < -0.3 is 0 Å². The SMILES string of the molecule is Fc1ccccc1SCc1c(F)ccc(Br)c1F. The van der Waals surface area contributed by atoms with Crippen LogP contribution in [-0.2, 0) is 5.75 Å². The quantitative estimate of drug-likeness (QED) is 0.552. The number of hydrogen-bond donors (Lipinski definition) is 0. The first-order chi connectivity index (χ1) is 8.59. The predicted molar refractivity (Wildman–Crippen MR) is 70.0 cm³/mol. The van der Waals surface area contributed by atoms with Crippen LogP contribution in [-0.4, -0.2) is 0 Å². The molecular formula is C13H8BrF3S. The number of hydrogen-bond acceptors (Lipinski definition) is 1. The molecule has 0 aliphatic rings. The second-order valence-electron chi connectivity index (χ2n) is 3.54. The smallest absolute Gasteiger partial charge is 0.144 e. The Balaban J connectivity index is 2.21. The number of rotatable bonds is 3. The van der Waals surface area contributed by atoms with Gasteiger partial charge in [0.1, 0.15) is 17.5 Å². The van der Waals surface area contributed by atoms with Crippen molar-refractivity contribution >= 4 is 27.7 Å². The predicted octanol–water partition coefficient (Wildman–Crippen LogP) is 5.16. The van der Waals surface area contributed by atoms with Crippen LogP contribution in [0.4, 0.5) is 13.2 Å². The molecule has 18 heavy (non-hydrogen) atoms. The molecular weight excluding hydrogens is 325 g/mol. The molecule has 0 heterocycles. The van der Waals surface area contributed by atoms with E-state index in [0.29, 0.717) is 4.90 Å². The molecule has 94 valence electrons.